The number of aromatic nitrogens is 1. The van der Waals surface area contributed by atoms with Crippen LogP contribution in [-0.2, 0) is 16.0 Å². The molecular formula is C28H24BrN3O3. The van der Waals surface area contributed by atoms with Crippen LogP contribution in [0.25, 0.3) is 10.9 Å². The summed E-state index contributed by atoms with van der Waals surface area (Å²) in [4.78, 5) is 46.3. The van der Waals surface area contributed by atoms with Gasteiger partial charge in [0.1, 0.15) is 6.04 Å². The third-order valence-electron chi connectivity index (χ3n) is 6.52. The van der Waals surface area contributed by atoms with E-state index in [2.05, 4.69) is 20.9 Å². The smallest absolute Gasteiger partial charge is 0.257 e. The average molecular weight is 530 g/mol. The number of anilines is 1. The minimum atomic E-state index is -0.858. The van der Waals surface area contributed by atoms with Gasteiger partial charge in [0.05, 0.1) is 12.1 Å². The number of nitrogens with zero attached hydrogens (tertiary/aromatic N) is 2. The summed E-state index contributed by atoms with van der Waals surface area (Å²) in [6.07, 6.45) is 2.45. The topological polar surface area (TPSA) is 73.5 Å². The van der Waals surface area contributed by atoms with Gasteiger partial charge in [0, 0.05) is 33.7 Å². The first-order valence-corrected chi connectivity index (χ1v) is 12.3. The van der Waals surface area contributed by atoms with Crippen LogP contribution in [-0.4, -0.2) is 40.2 Å². The number of amides is 3. The summed E-state index contributed by atoms with van der Waals surface area (Å²) in [5.41, 5.74) is 3.95. The van der Waals surface area contributed by atoms with Crippen LogP contribution in [0.4, 0.5) is 5.69 Å². The van der Waals surface area contributed by atoms with Crippen molar-refractivity contribution in [2.24, 2.45) is 0 Å². The number of hydrogen-bond acceptors (Lipinski definition) is 3. The lowest BCUT2D eigenvalue weighted by molar-refractivity contribution is -0.122. The molecule has 1 atom stereocenters. The molecule has 0 bridgehead atoms. The van der Waals surface area contributed by atoms with Crippen molar-refractivity contribution in [1.82, 2.24) is 9.88 Å². The van der Waals surface area contributed by atoms with Crippen molar-refractivity contribution >= 4 is 50.2 Å². The van der Waals surface area contributed by atoms with Crippen LogP contribution < -0.4 is 4.90 Å². The van der Waals surface area contributed by atoms with Crippen molar-refractivity contribution in [3.05, 3.63) is 100 Å². The highest BCUT2D eigenvalue weighted by atomic mass is 79.9. The van der Waals surface area contributed by atoms with Gasteiger partial charge in [-0.05, 0) is 60.9 Å². The van der Waals surface area contributed by atoms with E-state index in [-0.39, 0.29) is 24.1 Å². The molecule has 1 aliphatic rings. The molecule has 1 aliphatic heterocycles. The molecule has 0 saturated carbocycles. The van der Waals surface area contributed by atoms with Crippen molar-refractivity contribution in [2.75, 3.05) is 11.4 Å². The number of imide groups is 1. The molecule has 0 radical (unpaired) electrons. The highest BCUT2D eigenvalue weighted by Gasteiger charge is 2.44. The first kappa shape index (κ1) is 23.1. The lowest BCUT2D eigenvalue weighted by Gasteiger charge is -2.28. The Labute approximate surface area is 211 Å². The van der Waals surface area contributed by atoms with Crippen molar-refractivity contribution in [2.45, 2.75) is 25.8 Å². The molecular weight excluding hydrogens is 506 g/mol. The lowest BCUT2D eigenvalue weighted by Crippen LogP contribution is -2.46. The Kier molecular flexibility index (Phi) is 6.26. The van der Waals surface area contributed by atoms with Gasteiger partial charge in [0.25, 0.3) is 11.8 Å². The van der Waals surface area contributed by atoms with Gasteiger partial charge in [0.15, 0.2) is 0 Å². The summed E-state index contributed by atoms with van der Waals surface area (Å²) >= 11 is 3.38. The molecule has 0 aliphatic carbocycles. The number of benzene rings is 3. The number of fused-ring (bicyclic) bond motifs is 1. The Bertz CT molecular complexity index is 1430. The van der Waals surface area contributed by atoms with Crippen LogP contribution >= 0.6 is 15.9 Å². The summed E-state index contributed by atoms with van der Waals surface area (Å²) in [6.45, 7) is 2.19. The maximum atomic E-state index is 13.7. The fraction of sp³-hybridized carbons (Fsp3) is 0.179. The van der Waals surface area contributed by atoms with E-state index in [1.807, 2.05) is 55.6 Å². The maximum Gasteiger partial charge on any atom is 0.257 e. The van der Waals surface area contributed by atoms with E-state index in [1.54, 1.807) is 35.2 Å². The number of carbonyl (C=O) groups excluding carboxylic acids is 3. The standard InChI is InChI=1S/C28H24BrN3O3/c1-18-6-2-3-7-22(18)27(34)31(15-14-19-17-30-24-9-5-4-8-23(19)24)25-16-26(33)32(28(25)35)21-12-10-20(29)11-13-21/h2-13,17,25,30H,14-16H2,1H3. The van der Waals surface area contributed by atoms with Crippen molar-refractivity contribution in [3.63, 3.8) is 0 Å². The van der Waals surface area contributed by atoms with Gasteiger partial charge in [-0.1, -0.05) is 52.3 Å². The molecule has 0 spiro atoms. The lowest BCUT2D eigenvalue weighted by atomic mass is 10.0. The first-order valence-electron chi connectivity index (χ1n) is 11.5. The van der Waals surface area contributed by atoms with Crippen LogP contribution in [0.5, 0.6) is 0 Å². The Balaban J connectivity index is 1.47. The molecule has 3 aromatic carbocycles. The zero-order chi connectivity index (χ0) is 24.5. The molecule has 1 unspecified atom stereocenters. The van der Waals surface area contributed by atoms with Crippen LogP contribution in [0, 0.1) is 6.92 Å². The molecule has 35 heavy (non-hydrogen) atoms. The molecule has 176 valence electrons. The number of halogens is 1. The van der Waals surface area contributed by atoms with Gasteiger partial charge in [-0.2, -0.15) is 0 Å². The van der Waals surface area contributed by atoms with E-state index in [1.165, 1.54) is 4.90 Å². The molecule has 1 aromatic heterocycles. The number of aryl methyl sites for hydroxylation is 1. The second-order valence-electron chi connectivity index (χ2n) is 8.69. The summed E-state index contributed by atoms with van der Waals surface area (Å²) in [7, 11) is 0. The zero-order valence-electron chi connectivity index (χ0n) is 19.2. The third kappa shape index (κ3) is 4.39. The fourth-order valence-corrected chi connectivity index (χ4v) is 4.93. The normalized spacial score (nSPS) is 15.7. The van der Waals surface area contributed by atoms with E-state index < -0.39 is 6.04 Å². The molecule has 4 aromatic rings. The van der Waals surface area contributed by atoms with E-state index in [0.717, 1.165) is 26.5 Å². The minimum absolute atomic E-state index is 0.0413. The molecule has 5 rings (SSSR count). The van der Waals surface area contributed by atoms with Crippen LogP contribution in [0.2, 0.25) is 0 Å². The molecule has 7 heteroatoms. The number of rotatable bonds is 6. The molecule has 6 nitrogen and oxygen atoms in total. The quantitative estimate of drug-likeness (QED) is 0.346. The summed E-state index contributed by atoms with van der Waals surface area (Å²) in [6, 6.07) is 21.5. The van der Waals surface area contributed by atoms with Crippen molar-refractivity contribution in [3.8, 4) is 0 Å². The second kappa shape index (κ2) is 9.50. The summed E-state index contributed by atoms with van der Waals surface area (Å²) in [5, 5.41) is 1.08. The molecule has 3 amide bonds. The van der Waals surface area contributed by atoms with Gasteiger partial charge < -0.3 is 9.88 Å². The molecule has 2 heterocycles. The van der Waals surface area contributed by atoms with E-state index >= 15 is 0 Å². The number of H-pyrrole nitrogens is 1. The van der Waals surface area contributed by atoms with Gasteiger partial charge in [-0.3, -0.25) is 14.4 Å². The van der Waals surface area contributed by atoms with Gasteiger partial charge in [-0.25, -0.2) is 4.90 Å². The predicted molar refractivity (Wildman–Crippen MR) is 139 cm³/mol. The molecule has 1 fully saturated rings. The van der Waals surface area contributed by atoms with E-state index in [4.69, 9.17) is 0 Å². The largest absolute Gasteiger partial charge is 0.361 e. The van der Waals surface area contributed by atoms with Crippen molar-refractivity contribution < 1.29 is 14.4 Å². The number of aromatic amines is 1. The summed E-state index contributed by atoms with van der Waals surface area (Å²) in [5.74, 6) is -0.929. The average Bonchev–Trinajstić information content (AvgIpc) is 3.40. The summed E-state index contributed by atoms with van der Waals surface area (Å²) < 4.78 is 0.854. The van der Waals surface area contributed by atoms with Gasteiger partial charge >= 0.3 is 0 Å². The predicted octanol–water partition coefficient (Wildman–Crippen LogP) is 5.26. The Morgan fingerprint density at radius 3 is 2.51 bits per heavy atom. The maximum absolute atomic E-state index is 13.7. The Hall–Kier alpha value is -3.71. The molecule has 1 N–H and O–H groups in total. The fourth-order valence-electron chi connectivity index (χ4n) is 4.67. The Morgan fingerprint density at radius 2 is 1.74 bits per heavy atom. The monoisotopic (exact) mass is 529 g/mol. The number of hydrogen-bond donors (Lipinski definition) is 1. The minimum Gasteiger partial charge on any atom is -0.361 e. The second-order valence-corrected chi connectivity index (χ2v) is 9.60. The van der Waals surface area contributed by atoms with Crippen LogP contribution in [0.15, 0.2) is 83.5 Å². The van der Waals surface area contributed by atoms with E-state index in [9.17, 15) is 14.4 Å². The first-order chi connectivity index (χ1) is 16.9. The van der Waals surface area contributed by atoms with Crippen LogP contribution in [0.3, 0.4) is 0 Å². The highest BCUT2D eigenvalue weighted by Crippen LogP contribution is 2.29. The third-order valence-corrected chi connectivity index (χ3v) is 7.05. The Morgan fingerprint density at radius 1 is 1.03 bits per heavy atom. The highest BCUT2D eigenvalue weighted by molar-refractivity contribution is 9.10. The number of para-hydroxylation sites is 1. The van der Waals surface area contributed by atoms with Gasteiger partial charge in [0.2, 0.25) is 5.91 Å². The van der Waals surface area contributed by atoms with Crippen LogP contribution in [0.1, 0.15) is 27.9 Å². The zero-order valence-corrected chi connectivity index (χ0v) is 20.8. The SMILES string of the molecule is Cc1ccccc1C(=O)N(CCc1c[nH]c2ccccc12)C1CC(=O)N(c2ccc(Br)cc2)C1=O. The molecule has 1 saturated heterocycles. The van der Waals surface area contributed by atoms with E-state index in [0.29, 0.717) is 24.2 Å². The number of carbonyl (C=O) groups is 3. The van der Waals surface area contributed by atoms with Gasteiger partial charge in [-0.15, -0.1) is 0 Å². The number of nitrogens with one attached hydrogen (secondary N) is 1. The van der Waals surface area contributed by atoms with Crippen molar-refractivity contribution in [1.29, 1.82) is 0 Å².